The lowest BCUT2D eigenvalue weighted by Crippen LogP contribution is -2.54. The number of hydrogen-bond acceptors (Lipinski definition) is 10. The summed E-state index contributed by atoms with van der Waals surface area (Å²) in [7, 11) is 0. The first kappa shape index (κ1) is 43.0. The molecular weight excluding hydrogens is 859 g/mol. The summed E-state index contributed by atoms with van der Waals surface area (Å²) in [6.45, 7) is 5.25. The van der Waals surface area contributed by atoms with Crippen molar-refractivity contribution in [2.24, 2.45) is 0 Å². The monoisotopic (exact) mass is 899 g/mol. The highest BCUT2D eigenvalue weighted by molar-refractivity contribution is 7.81. The molecule has 0 bridgehead atoms. The summed E-state index contributed by atoms with van der Waals surface area (Å²) in [5.74, 6) is -3.72. The van der Waals surface area contributed by atoms with Crippen molar-refractivity contribution in [3.05, 3.63) is 87.7 Å². The number of fused-ring (bicyclic) bond motifs is 2. The Balaban J connectivity index is 0.812. The summed E-state index contributed by atoms with van der Waals surface area (Å²) in [6.07, 6.45) is -0.642. The zero-order valence-electron chi connectivity index (χ0n) is 34.7. The van der Waals surface area contributed by atoms with E-state index >= 15 is 4.39 Å². The Labute approximate surface area is 369 Å². The molecule has 6 aliphatic heterocycles. The van der Waals surface area contributed by atoms with Gasteiger partial charge in [-0.2, -0.15) is 18.4 Å². The molecule has 6 heterocycles. The SMILES string of the molecule is CC1(C)C(=O)N(c2ccc(C#N)c(C(F)(F)F)c2)C(=S)N1c1ccc(C(=O)N2CCC(N3CCC4(CCc5cc6c(cc5O4)C(=O)N(C4CCC(=O)NC4=O)C6=O)CC3)CC2)c(F)c1. The first-order chi connectivity index (χ1) is 30.3. The number of anilines is 2. The molecule has 4 saturated heterocycles. The molecule has 4 fully saturated rings. The minimum absolute atomic E-state index is 0.0330. The predicted octanol–water partition coefficient (Wildman–Crippen LogP) is 5.50. The highest BCUT2D eigenvalue weighted by Gasteiger charge is 2.52. The molecule has 6 amide bonds. The van der Waals surface area contributed by atoms with Crippen LogP contribution >= 0.6 is 12.2 Å². The van der Waals surface area contributed by atoms with E-state index in [1.807, 2.05) is 0 Å². The third-order valence-electron chi connectivity index (χ3n) is 13.6. The van der Waals surface area contributed by atoms with Crippen LogP contribution in [0.1, 0.15) is 107 Å². The number of benzene rings is 3. The Hall–Kier alpha value is -6.26. The Morgan fingerprint density at radius 3 is 2.19 bits per heavy atom. The van der Waals surface area contributed by atoms with Crippen molar-refractivity contribution < 1.29 is 51.1 Å². The van der Waals surface area contributed by atoms with Crippen LogP contribution in [0, 0.1) is 17.1 Å². The van der Waals surface area contributed by atoms with E-state index in [9.17, 15) is 47.2 Å². The zero-order chi connectivity index (χ0) is 45.6. The molecule has 3 aromatic carbocycles. The number of rotatable bonds is 5. The fourth-order valence-electron chi connectivity index (χ4n) is 10.0. The first-order valence-corrected chi connectivity index (χ1v) is 21.4. The third kappa shape index (κ3) is 7.07. The van der Waals surface area contributed by atoms with E-state index in [4.69, 9.17) is 17.0 Å². The van der Waals surface area contributed by atoms with Gasteiger partial charge in [0.25, 0.3) is 23.6 Å². The van der Waals surface area contributed by atoms with Crippen LogP contribution in [0.25, 0.3) is 0 Å². The number of halogens is 4. The highest BCUT2D eigenvalue weighted by Crippen LogP contribution is 2.44. The lowest BCUT2D eigenvalue weighted by atomic mass is 9.82. The molecule has 0 radical (unpaired) electrons. The Morgan fingerprint density at radius 2 is 1.55 bits per heavy atom. The number of carbonyl (C=O) groups excluding carboxylic acids is 6. The van der Waals surface area contributed by atoms with Crippen molar-refractivity contribution in [1.29, 1.82) is 5.26 Å². The van der Waals surface area contributed by atoms with Crippen LogP contribution in [0.15, 0.2) is 48.5 Å². The molecule has 1 unspecified atom stereocenters. The minimum Gasteiger partial charge on any atom is -0.487 e. The predicted molar refractivity (Wildman–Crippen MR) is 224 cm³/mol. The van der Waals surface area contributed by atoms with Gasteiger partial charge in [0, 0.05) is 44.3 Å². The summed E-state index contributed by atoms with van der Waals surface area (Å²) in [5.41, 5.74) is -2.78. The minimum atomic E-state index is -4.87. The second-order valence-corrected chi connectivity index (χ2v) is 18.0. The number of alkyl halides is 3. The summed E-state index contributed by atoms with van der Waals surface area (Å²) in [4.78, 5) is 85.5. The van der Waals surface area contributed by atoms with Gasteiger partial charge in [0.1, 0.15) is 28.7 Å². The number of likely N-dealkylation sites (tertiary alicyclic amines) is 2. The van der Waals surface area contributed by atoms with Crippen molar-refractivity contribution in [2.45, 2.75) is 94.6 Å². The zero-order valence-corrected chi connectivity index (χ0v) is 35.5. The number of nitrogens with one attached hydrogen (secondary N) is 1. The van der Waals surface area contributed by atoms with Crippen LogP contribution in [0.5, 0.6) is 5.75 Å². The van der Waals surface area contributed by atoms with E-state index in [-0.39, 0.29) is 52.1 Å². The molecule has 6 aliphatic rings. The summed E-state index contributed by atoms with van der Waals surface area (Å²) < 4.78 is 63.9. The number of carbonyl (C=O) groups is 6. The number of aryl methyl sites for hydroxylation is 1. The van der Waals surface area contributed by atoms with Crippen molar-refractivity contribution in [1.82, 2.24) is 20.0 Å². The molecule has 64 heavy (non-hydrogen) atoms. The van der Waals surface area contributed by atoms with Gasteiger partial charge in [0.05, 0.1) is 39.6 Å². The van der Waals surface area contributed by atoms with Gasteiger partial charge < -0.3 is 14.5 Å². The van der Waals surface area contributed by atoms with Crippen LogP contribution in [0.4, 0.5) is 28.9 Å². The second kappa shape index (κ2) is 15.5. The number of nitrogens with zero attached hydrogens (tertiary/aromatic N) is 6. The van der Waals surface area contributed by atoms with Crippen LogP contribution in [0.3, 0.4) is 0 Å². The Bertz CT molecular complexity index is 2630. The van der Waals surface area contributed by atoms with Gasteiger partial charge in [-0.15, -0.1) is 0 Å². The highest BCUT2D eigenvalue weighted by atomic mass is 32.1. The molecule has 0 aromatic heterocycles. The average molecular weight is 900 g/mol. The molecule has 14 nitrogen and oxygen atoms in total. The van der Waals surface area contributed by atoms with E-state index in [2.05, 4.69) is 10.2 Å². The molecule has 0 aliphatic carbocycles. The number of amides is 6. The molecule has 3 aromatic rings. The molecule has 19 heteroatoms. The third-order valence-corrected chi connectivity index (χ3v) is 13.9. The molecule has 332 valence electrons. The van der Waals surface area contributed by atoms with E-state index in [1.54, 1.807) is 17.0 Å². The van der Waals surface area contributed by atoms with Crippen LogP contribution in [-0.2, 0) is 27.0 Å². The maximum atomic E-state index is 15.9. The smallest absolute Gasteiger partial charge is 0.417 e. The number of ether oxygens (including phenoxy) is 1. The lowest BCUT2D eigenvalue weighted by molar-refractivity contribution is -0.138. The molecular formula is C45H41F4N7O7S. The number of imide groups is 2. The van der Waals surface area contributed by atoms with Crippen LogP contribution in [0.2, 0.25) is 0 Å². The summed E-state index contributed by atoms with van der Waals surface area (Å²) >= 11 is 5.58. The molecule has 1 N–H and O–H groups in total. The van der Waals surface area contributed by atoms with Gasteiger partial charge in [0.2, 0.25) is 11.8 Å². The van der Waals surface area contributed by atoms with Gasteiger partial charge in [-0.05, 0) is 125 Å². The van der Waals surface area contributed by atoms with Crippen LogP contribution in [-0.4, -0.2) is 105 Å². The Kier molecular flexibility index (Phi) is 10.4. The van der Waals surface area contributed by atoms with Crippen molar-refractivity contribution in [2.75, 3.05) is 36.0 Å². The van der Waals surface area contributed by atoms with Gasteiger partial charge in [-0.1, -0.05) is 0 Å². The maximum Gasteiger partial charge on any atom is 0.417 e. The molecule has 1 atom stereocenters. The van der Waals surface area contributed by atoms with Crippen molar-refractivity contribution in [3.8, 4) is 11.8 Å². The molecule has 0 saturated carbocycles. The Morgan fingerprint density at radius 1 is 0.875 bits per heavy atom. The maximum absolute atomic E-state index is 15.9. The standard InChI is InChI=1S/C45H41F4N7O7S/c1-43(2)41(62)54(27-4-3-25(23-50)32(20-27)45(47,48)49)42(64)56(43)28-5-6-29(33(46)21-28)38(59)53-15-10-26(11-16-53)52-17-13-44(14-18-52)12-9-24-19-30-31(22-35(24)63-44)40(61)55(39(30)60)34-7-8-36(57)51-37(34)58/h3-6,19-22,26,34H,7-18H2,1-2H3,(H,51,57,58). The fraction of sp³-hybridized carbons (Fsp3) is 0.422. The van der Waals surface area contributed by atoms with Crippen molar-refractivity contribution in [3.63, 3.8) is 0 Å². The van der Waals surface area contributed by atoms with E-state index in [0.29, 0.717) is 44.2 Å². The second-order valence-electron chi connectivity index (χ2n) is 17.6. The van der Waals surface area contributed by atoms with Gasteiger partial charge >= 0.3 is 6.18 Å². The van der Waals surface area contributed by atoms with Gasteiger partial charge in [0.15, 0.2) is 5.11 Å². The topological polar surface area (TPSA) is 164 Å². The first-order valence-electron chi connectivity index (χ1n) is 21.0. The van der Waals surface area contributed by atoms with Crippen molar-refractivity contribution >= 4 is 64.1 Å². The van der Waals surface area contributed by atoms with E-state index in [1.165, 1.54) is 43.0 Å². The molecule has 9 rings (SSSR count). The number of nitriles is 1. The normalized spacial score (nSPS) is 22.4. The number of hydrogen-bond donors (Lipinski definition) is 1. The average Bonchev–Trinajstić information content (AvgIpc) is 3.60. The van der Waals surface area contributed by atoms with E-state index < -0.39 is 75.7 Å². The van der Waals surface area contributed by atoms with Gasteiger partial charge in [-0.25, -0.2) is 4.39 Å². The van der Waals surface area contributed by atoms with Gasteiger partial charge in [-0.3, -0.25) is 48.8 Å². The largest absolute Gasteiger partial charge is 0.487 e. The summed E-state index contributed by atoms with van der Waals surface area (Å²) in [6, 6.07) is 10.6. The van der Waals surface area contributed by atoms with E-state index in [0.717, 1.165) is 59.8 Å². The van der Waals surface area contributed by atoms with Crippen LogP contribution < -0.4 is 19.9 Å². The number of thiocarbonyl (C=S) groups is 1. The fourth-order valence-corrected chi connectivity index (χ4v) is 10.5. The molecule has 1 spiro atoms. The number of piperidine rings is 3. The quantitative estimate of drug-likeness (QED) is 0.196. The lowest BCUT2D eigenvalue weighted by Gasteiger charge is -2.48. The summed E-state index contributed by atoms with van der Waals surface area (Å²) in [5, 5.41) is 11.2.